The van der Waals surface area contributed by atoms with Crippen LogP contribution in [0.2, 0.25) is 0 Å². The highest BCUT2D eigenvalue weighted by atomic mass is 19.1. The van der Waals surface area contributed by atoms with Crippen molar-refractivity contribution in [2.75, 3.05) is 6.61 Å². The zero-order valence-corrected chi connectivity index (χ0v) is 18.5. The number of aliphatic hydroxyl groups excluding tert-OH is 2. The van der Waals surface area contributed by atoms with Gasteiger partial charge >= 0.3 is 0 Å². The molecular formula is C24H31FO6. The largest absolute Gasteiger partial charge is 0.390 e. The fourth-order valence-electron chi connectivity index (χ4n) is 7.93. The molecule has 0 aromatic rings. The van der Waals surface area contributed by atoms with Crippen LogP contribution in [0, 0.1) is 22.7 Å². The van der Waals surface area contributed by atoms with Crippen LogP contribution in [0.5, 0.6) is 0 Å². The second-order valence-corrected chi connectivity index (χ2v) is 10.9. The van der Waals surface area contributed by atoms with Gasteiger partial charge in [0.05, 0.1) is 12.2 Å². The summed E-state index contributed by atoms with van der Waals surface area (Å²) >= 11 is 0. The molecule has 3 unspecified atom stereocenters. The normalized spacial score (nSPS) is 52.1. The summed E-state index contributed by atoms with van der Waals surface area (Å²) < 4.78 is 29.5. The number of rotatable bonds is 2. The zero-order chi connectivity index (χ0) is 22.6. The maximum absolute atomic E-state index is 17.1. The van der Waals surface area contributed by atoms with Crippen LogP contribution in [0.3, 0.4) is 0 Å². The van der Waals surface area contributed by atoms with E-state index in [2.05, 4.69) is 0 Å². The van der Waals surface area contributed by atoms with Crippen molar-refractivity contribution >= 4 is 11.6 Å². The molecule has 170 valence electrons. The van der Waals surface area contributed by atoms with Crippen LogP contribution in [0.15, 0.2) is 23.8 Å². The lowest BCUT2D eigenvalue weighted by molar-refractivity contribution is -0.246. The summed E-state index contributed by atoms with van der Waals surface area (Å²) in [6.07, 6.45) is 4.00. The molecule has 0 spiro atoms. The number of ether oxygens (including phenoxy) is 2. The van der Waals surface area contributed by atoms with E-state index >= 15 is 4.39 Å². The second-order valence-electron chi connectivity index (χ2n) is 10.9. The molecule has 1 saturated heterocycles. The second kappa shape index (κ2) is 6.13. The van der Waals surface area contributed by atoms with Crippen molar-refractivity contribution in [3.8, 4) is 0 Å². The van der Waals surface area contributed by atoms with E-state index in [-0.39, 0.29) is 18.1 Å². The Bertz CT molecular complexity index is 925. The third kappa shape index (κ3) is 2.31. The number of hydrogen-bond acceptors (Lipinski definition) is 6. The Labute approximate surface area is 181 Å². The summed E-state index contributed by atoms with van der Waals surface area (Å²) in [5.41, 5.74) is -4.66. The van der Waals surface area contributed by atoms with Gasteiger partial charge in [-0.1, -0.05) is 18.6 Å². The molecule has 5 rings (SSSR count). The molecule has 4 fully saturated rings. The molecule has 0 bridgehead atoms. The number of carbonyl (C=O) groups is 2. The summed E-state index contributed by atoms with van der Waals surface area (Å²) in [4.78, 5) is 25.1. The maximum atomic E-state index is 17.1. The van der Waals surface area contributed by atoms with Gasteiger partial charge in [-0.25, -0.2) is 4.39 Å². The van der Waals surface area contributed by atoms with Crippen molar-refractivity contribution in [1.82, 2.24) is 0 Å². The van der Waals surface area contributed by atoms with Gasteiger partial charge < -0.3 is 19.7 Å². The molecule has 8 atom stereocenters. The van der Waals surface area contributed by atoms with Crippen LogP contribution >= 0.6 is 0 Å². The lowest BCUT2D eigenvalue weighted by Crippen LogP contribution is -2.70. The van der Waals surface area contributed by atoms with E-state index in [0.29, 0.717) is 19.3 Å². The number of ketones is 2. The van der Waals surface area contributed by atoms with Crippen molar-refractivity contribution in [2.45, 2.75) is 82.6 Å². The molecule has 2 N–H and O–H groups in total. The molecule has 7 heteroatoms. The van der Waals surface area contributed by atoms with E-state index in [4.69, 9.17) is 9.47 Å². The molecule has 31 heavy (non-hydrogen) atoms. The molecule has 6 nitrogen and oxygen atoms in total. The average molecular weight is 435 g/mol. The van der Waals surface area contributed by atoms with Crippen LogP contribution in [-0.4, -0.2) is 57.7 Å². The van der Waals surface area contributed by atoms with Gasteiger partial charge in [-0.05, 0) is 64.5 Å². The monoisotopic (exact) mass is 434 g/mol. The van der Waals surface area contributed by atoms with Crippen LogP contribution in [-0.2, 0) is 19.1 Å². The van der Waals surface area contributed by atoms with Crippen LogP contribution in [0.25, 0.3) is 0 Å². The first-order valence-corrected chi connectivity index (χ1v) is 11.2. The van der Waals surface area contributed by atoms with Crippen molar-refractivity contribution in [1.29, 1.82) is 0 Å². The third-order valence-corrected chi connectivity index (χ3v) is 9.19. The average Bonchev–Trinajstić information content (AvgIpc) is 3.09. The fraction of sp³-hybridized carbons (Fsp3) is 0.750. The number of allylic oxidation sites excluding steroid dienone is 4. The molecule has 0 amide bonds. The minimum atomic E-state index is -1.98. The van der Waals surface area contributed by atoms with Crippen molar-refractivity contribution < 1.29 is 33.7 Å². The molecule has 4 aliphatic carbocycles. The number of aliphatic hydroxyl groups is 2. The number of hydrogen-bond donors (Lipinski definition) is 2. The number of alkyl halides is 1. The first-order chi connectivity index (χ1) is 14.4. The van der Waals surface area contributed by atoms with Crippen molar-refractivity contribution in [3.05, 3.63) is 23.8 Å². The SMILES string of the molecule is CC1(C)OC2C[C@H]3[C@@H]4CCC5=CC(=O)C=C[C@]5(C)C4(F)C(O)C[C@]3(C)[C@]2(C(=O)CO)O1. The van der Waals surface area contributed by atoms with Gasteiger partial charge in [-0.2, -0.15) is 0 Å². The standard InChI is InChI=1S/C24H31FO6/c1-20(2)30-19-10-16-15-6-5-13-9-14(27)7-8-21(13,3)23(15,25)17(28)11-22(16,4)24(19,31-20)18(29)12-26/h7-9,15-17,19,26,28H,5-6,10-12H2,1-4H3/t15-,16-,17?,19?,21-,22-,23?,24+/m0/s1. The number of carbonyl (C=O) groups excluding carboxylic acids is 2. The lowest BCUT2D eigenvalue weighted by Gasteiger charge is -2.62. The Morgan fingerprint density at radius 3 is 2.65 bits per heavy atom. The van der Waals surface area contributed by atoms with Crippen LogP contribution in [0.4, 0.5) is 4.39 Å². The third-order valence-electron chi connectivity index (χ3n) is 9.19. The molecule has 1 aliphatic heterocycles. The number of Topliss-reactive ketones (excluding diaryl/α,β-unsaturated/α-hetero) is 1. The minimum absolute atomic E-state index is 0.0109. The zero-order valence-electron chi connectivity index (χ0n) is 18.5. The topological polar surface area (TPSA) is 93.1 Å². The Kier molecular flexibility index (Phi) is 4.24. The molecule has 3 saturated carbocycles. The van der Waals surface area contributed by atoms with Gasteiger partial charge in [0.2, 0.25) is 0 Å². The van der Waals surface area contributed by atoms with Crippen LogP contribution < -0.4 is 0 Å². The minimum Gasteiger partial charge on any atom is -0.390 e. The van der Waals surface area contributed by atoms with E-state index in [0.717, 1.165) is 5.57 Å². The Balaban J connectivity index is 1.64. The Morgan fingerprint density at radius 2 is 1.97 bits per heavy atom. The summed E-state index contributed by atoms with van der Waals surface area (Å²) in [5.74, 6) is -2.46. The fourth-order valence-corrected chi connectivity index (χ4v) is 7.93. The first-order valence-electron chi connectivity index (χ1n) is 11.2. The molecular weight excluding hydrogens is 403 g/mol. The summed E-state index contributed by atoms with van der Waals surface area (Å²) in [7, 11) is 0. The number of halogens is 1. The summed E-state index contributed by atoms with van der Waals surface area (Å²) in [6, 6.07) is 0. The Morgan fingerprint density at radius 1 is 1.26 bits per heavy atom. The highest BCUT2D eigenvalue weighted by molar-refractivity contribution is 6.01. The van der Waals surface area contributed by atoms with E-state index < -0.39 is 58.4 Å². The highest BCUT2D eigenvalue weighted by Gasteiger charge is 2.79. The summed E-state index contributed by atoms with van der Waals surface area (Å²) in [6.45, 7) is 6.41. The predicted molar refractivity (Wildman–Crippen MR) is 109 cm³/mol. The van der Waals surface area contributed by atoms with Gasteiger partial charge in [0, 0.05) is 16.7 Å². The van der Waals surface area contributed by atoms with Crippen LogP contribution in [0.1, 0.15) is 53.4 Å². The van der Waals surface area contributed by atoms with E-state index in [1.54, 1.807) is 26.8 Å². The Hall–Kier alpha value is -1.41. The first kappa shape index (κ1) is 21.4. The van der Waals surface area contributed by atoms with Gasteiger partial charge in [-0.15, -0.1) is 0 Å². The van der Waals surface area contributed by atoms with Gasteiger partial charge in [0.1, 0.15) is 6.61 Å². The number of fused-ring (bicyclic) bond motifs is 7. The smallest absolute Gasteiger partial charge is 0.193 e. The highest BCUT2D eigenvalue weighted by Crippen LogP contribution is 2.72. The van der Waals surface area contributed by atoms with Gasteiger partial charge in [0.15, 0.2) is 28.6 Å². The summed E-state index contributed by atoms with van der Waals surface area (Å²) in [5, 5.41) is 21.2. The quantitative estimate of drug-likeness (QED) is 0.694. The van der Waals surface area contributed by atoms with Gasteiger partial charge in [-0.3, -0.25) is 9.59 Å². The molecule has 0 aromatic heterocycles. The van der Waals surface area contributed by atoms with Crippen molar-refractivity contribution in [2.24, 2.45) is 22.7 Å². The van der Waals surface area contributed by atoms with Crippen molar-refractivity contribution in [3.63, 3.8) is 0 Å². The van der Waals surface area contributed by atoms with E-state index in [9.17, 15) is 19.8 Å². The maximum Gasteiger partial charge on any atom is 0.193 e. The van der Waals surface area contributed by atoms with E-state index in [1.165, 1.54) is 12.2 Å². The van der Waals surface area contributed by atoms with E-state index in [1.807, 2.05) is 6.92 Å². The molecule has 0 aromatic carbocycles. The van der Waals surface area contributed by atoms with Gasteiger partial charge in [0.25, 0.3) is 0 Å². The lowest BCUT2D eigenvalue weighted by atomic mass is 9.44. The predicted octanol–water partition coefficient (Wildman–Crippen LogP) is 2.42. The molecule has 0 radical (unpaired) electrons. The molecule has 1 heterocycles. The molecule has 5 aliphatic rings.